The van der Waals surface area contributed by atoms with Crippen molar-refractivity contribution < 1.29 is 8.42 Å². The fourth-order valence-electron chi connectivity index (χ4n) is 1.90. The highest BCUT2D eigenvalue weighted by Gasteiger charge is 2.17. The predicted octanol–water partition coefficient (Wildman–Crippen LogP) is 4.00. The van der Waals surface area contributed by atoms with Crippen LogP contribution in [-0.4, -0.2) is 33.2 Å². The number of nitrogens with zero attached hydrogens (tertiary/aromatic N) is 2. The molecule has 2 aromatic rings. The number of amidine groups is 1. The number of aryl methyl sites for hydroxylation is 1. The van der Waals surface area contributed by atoms with E-state index in [1.807, 2.05) is 6.92 Å². The molecular weight excluding hydrogens is 355 g/mol. The third kappa shape index (κ3) is 4.25. The molecule has 0 bridgehead atoms. The lowest BCUT2D eigenvalue weighted by molar-refractivity contribution is 0.592. The summed E-state index contributed by atoms with van der Waals surface area (Å²) in [4.78, 5) is 1.76. The van der Waals surface area contributed by atoms with E-state index in [0.717, 1.165) is 5.56 Å². The van der Waals surface area contributed by atoms with Gasteiger partial charge in [0.05, 0.1) is 14.9 Å². The number of rotatable bonds is 3. The van der Waals surface area contributed by atoms with Crippen molar-refractivity contribution in [1.82, 2.24) is 4.90 Å². The van der Waals surface area contributed by atoms with Crippen molar-refractivity contribution in [3.8, 4) is 0 Å². The first-order valence-corrected chi connectivity index (χ1v) is 8.95. The number of sulfonamides is 1. The Kier molecular flexibility index (Phi) is 5.34. The van der Waals surface area contributed by atoms with Gasteiger partial charge >= 0.3 is 0 Å². The molecule has 0 heterocycles. The zero-order valence-corrected chi connectivity index (χ0v) is 15.2. The molecule has 0 fully saturated rings. The minimum Gasteiger partial charge on any atom is -0.362 e. The van der Waals surface area contributed by atoms with Gasteiger partial charge in [-0.05, 0) is 37.3 Å². The van der Waals surface area contributed by atoms with E-state index in [1.54, 1.807) is 49.3 Å². The van der Waals surface area contributed by atoms with Crippen LogP contribution in [0.25, 0.3) is 0 Å². The van der Waals surface area contributed by atoms with Crippen molar-refractivity contribution in [2.75, 3.05) is 14.1 Å². The first-order chi connectivity index (χ1) is 10.7. The fourth-order valence-corrected chi connectivity index (χ4v) is 3.28. The topological polar surface area (TPSA) is 49.7 Å². The molecule has 23 heavy (non-hydrogen) atoms. The Hall–Kier alpha value is -1.56. The third-order valence-corrected chi connectivity index (χ3v) is 5.15. The van der Waals surface area contributed by atoms with Crippen LogP contribution in [0, 0.1) is 6.92 Å². The molecule has 0 spiro atoms. The van der Waals surface area contributed by atoms with Gasteiger partial charge < -0.3 is 4.90 Å². The Morgan fingerprint density at radius 2 is 1.61 bits per heavy atom. The van der Waals surface area contributed by atoms with Crippen LogP contribution in [0.4, 0.5) is 0 Å². The van der Waals surface area contributed by atoms with E-state index in [9.17, 15) is 8.42 Å². The number of benzene rings is 2. The van der Waals surface area contributed by atoms with Gasteiger partial charge in [-0.15, -0.1) is 4.40 Å². The Balaban J connectivity index is 2.53. The number of hydrogen-bond donors (Lipinski definition) is 0. The summed E-state index contributed by atoms with van der Waals surface area (Å²) < 4.78 is 29.0. The molecule has 7 heteroatoms. The smallest absolute Gasteiger partial charge is 0.284 e. The zero-order chi connectivity index (χ0) is 17.2. The van der Waals surface area contributed by atoms with Crippen molar-refractivity contribution in [3.63, 3.8) is 0 Å². The molecule has 0 radical (unpaired) electrons. The van der Waals surface area contributed by atoms with Gasteiger partial charge in [0.25, 0.3) is 10.0 Å². The molecule has 0 aliphatic rings. The molecule has 2 aromatic carbocycles. The van der Waals surface area contributed by atoms with Gasteiger partial charge in [0.15, 0.2) is 0 Å². The van der Waals surface area contributed by atoms with Crippen molar-refractivity contribution in [1.29, 1.82) is 0 Å². The third-order valence-electron chi connectivity index (χ3n) is 3.13. The second-order valence-corrected chi connectivity index (χ2v) is 7.64. The predicted molar refractivity (Wildman–Crippen MR) is 95.1 cm³/mol. The molecule has 0 N–H and O–H groups in total. The zero-order valence-electron chi connectivity index (χ0n) is 12.9. The van der Waals surface area contributed by atoms with Crippen molar-refractivity contribution in [3.05, 3.63) is 63.6 Å². The van der Waals surface area contributed by atoms with Gasteiger partial charge in [0.1, 0.15) is 5.84 Å². The van der Waals surface area contributed by atoms with E-state index < -0.39 is 10.0 Å². The highest BCUT2D eigenvalue weighted by atomic mass is 35.5. The lowest BCUT2D eigenvalue weighted by atomic mass is 10.2. The monoisotopic (exact) mass is 370 g/mol. The SMILES string of the molecule is Cc1ccc(S(=O)(=O)N=C(c2ccc(Cl)c(Cl)c2)N(C)C)cc1. The Morgan fingerprint density at radius 1 is 1.00 bits per heavy atom. The minimum absolute atomic E-state index is 0.141. The Bertz CT molecular complexity index is 845. The molecule has 0 saturated heterocycles. The van der Waals surface area contributed by atoms with Crippen LogP contribution in [0.15, 0.2) is 51.8 Å². The summed E-state index contributed by atoms with van der Waals surface area (Å²) in [6.45, 7) is 1.89. The van der Waals surface area contributed by atoms with Crippen molar-refractivity contribution in [2.24, 2.45) is 4.40 Å². The van der Waals surface area contributed by atoms with E-state index in [2.05, 4.69) is 4.40 Å². The van der Waals surface area contributed by atoms with Crippen LogP contribution in [0.3, 0.4) is 0 Å². The summed E-state index contributed by atoms with van der Waals surface area (Å²) in [6, 6.07) is 11.4. The normalized spacial score (nSPS) is 12.3. The first-order valence-electron chi connectivity index (χ1n) is 6.75. The molecule has 0 unspecified atom stereocenters. The Morgan fingerprint density at radius 3 is 2.13 bits per heavy atom. The summed E-state index contributed by atoms with van der Waals surface area (Å²) in [5, 5.41) is 0.737. The van der Waals surface area contributed by atoms with Crippen LogP contribution in [0.2, 0.25) is 10.0 Å². The van der Waals surface area contributed by atoms with E-state index >= 15 is 0 Å². The molecule has 4 nitrogen and oxygen atoms in total. The minimum atomic E-state index is -3.82. The van der Waals surface area contributed by atoms with Crippen molar-refractivity contribution in [2.45, 2.75) is 11.8 Å². The standard InChI is InChI=1S/C16H16Cl2N2O2S/c1-11-4-7-13(8-5-11)23(21,22)19-16(20(2)3)12-6-9-14(17)15(18)10-12/h4-10H,1-3H3. The van der Waals surface area contributed by atoms with Crippen LogP contribution >= 0.6 is 23.2 Å². The largest absolute Gasteiger partial charge is 0.362 e. The first kappa shape index (κ1) is 17.8. The second kappa shape index (κ2) is 6.91. The van der Waals surface area contributed by atoms with Crippen LogP contribution in [0.1, 0.15) is 11.1 Å². The van der Waals surface area contributed by atoms with Gasteiger partial charge in [-0.2, -0.15) is 8.42 Å². The second-order valence-electron chi connectivity index (χ2n) is 5.23. The van der Waals surface area contributed by atoms with Gasteiger partial charge in [-0.1, -0.05) is 40.9 Å². The lowest BCUT2D eigenvalue weighted by Gasteiger charge is -2.16. The molecule has 2 rings (SSSR count). The molecule has 0 atom stereocenters. The fraction of sp³-hybridized carbons (Fsp3) is 0.188. The van der Waals surface area contributed by atoms with Crippen LogP contribution < -0.4 is 0 Å². The highest BCUT2D eigenvalue weighted by Crippen LogP contribution is 2.24. The highest BCUT2D eigenvalue weighted by molar-refractivity contribution is 7.90. The van der Waals surface area contributed by atoms with Crippen LogP contribution in [-0.2, 0) is 10.0 Å². The van der Waals surface area contributed by atoms with Gasteiger partial charge in [-0.25, -0.2) is 0 Å². The van der Waals surface area contributed by atoms with Gasteiger partial charge in [-0.3, -0.25) is 0 Å². The van der Waals surface area contributed by atoms with Crippen LogP contribution in [0.5, 0.6) is 0 Å². The summed E-state index contributed by atoms with van der Waals surface area (Å²) >= 11 is 11.9. The number of halogens is 2. The summed E-state index contributed by atoms with van der Waals surface area (Å²) in [7, 11) is -0.394. The molecule has 0 saturated carbocycles. The molecule has 122 valence electrons. The maximum atomic E-state index is 12.5. The Labute approximate surface area is 146 Å². The molecular formula is C16H16Cl2N2O2S. The maximum Gasteiger partial charge on any atom is 0.284 e. The number of hydrogen-bond acceptors (Lipinski definition) is 2. The summed E-state index contributed by atoms with van der Waals surface area (Å²) in [6.07, 6.45) is 0. The van der Waals surface area contributed by atoms with E-state index in [-0.39, 0.29) is 10.7 Å². The molecule has 0 aromatic heterocycles. The summed E-state index contributed by atoms with van der Waals surface area (Å²) in [5.74, 6) is 0.282. The van der Waals surface area contributed by atoms with Crippen molar-refractivity contribution >= 4 is 39.1 Å². The average molecular weight is 371 g/mol. The van der Waals surface area contributed by atoms with Gasteiger partial charge in [0.2, 0.25) is 0 Å². The summed E-state index contributed by atoms with van der Waals surface area (Å²) in [5.41, 5.74) is 1.55. The maximum absolute atomic E-state index is 12.5. The average Bonchev–Trinajstić information content (AvgIpc) is 2.48. The quantitative estimate of drug-likeness (QED) is 0.605. The lowest BCUT2D eigenvalue weighted by Crippen LogP contribution is -2.24. The molecule has 0 aliphatic heterocycles. The van der Waals surface area contributed by atoms with E-state index in [1.165, 1.54) is 12.1 Å². The van der Waals surface area contributed by atoms with E-state index in [0.29, 0.717) is 15.6 Å². The van der Waals surface area contributed by atoms with E-state index in [4.69, 9.17) is 23.2 Å². The molecule has 0 aliphatic carbocycles. The molecule has 0 amide bonds. The van der Waals surface area contributed by atoms with Gasteiger partial charge in [0, 0.05) is 19.7 Å².